The normalized spacial score (nSPS) is 13.3. The van der Waals surface area contributed by atoms with Crippen LogP contribution in [0.2, 0.25) is 0 Å². The standard InChI is InChI=1S/C14H29F3N2/c1-5-19(12-14(15,16)17)11-9-7-6-8-10-18-13(2,3)4/h18H,5-12H2,1-4H3. The molecule has 0 aromatic carbocycles. The average molecular weight is 282 g/mol. The minimum absolute atomic E-state index is 0.145. The highest BCUT2D eigenvalue weighted by atomic mass is 19.4. The zero-order valence-electron chi connectivity index (χ0n) is 12.7. The van der Waals surface area contributed by atoms with Gasteiger partial charge in [-0.1, -0.05) is 19.8 Å². The van der Waals surface area contributed by atoms with Crippen LogP contribution in [0.4, 0.5) is 13.2 Å². The molecule has 0 atom stereocenters. The van der Waals surface area contributed by atoms with Gasteiger partial charge in [0.2, 0.25) is 0 Å². The molecule has 0 spiro atoms. The van der Waals surface area contributed by atoms with Crippen molar-refractivity contribution in [1.29, 1.82) is 0 Å². The fourth-order valence-electron chi connectivity index (χ4n) is 1.88. The molecule has 0 aliphatic rings. The van der Waals surface area contributed by atoms with E-state index in [1.54, 1.807) is 6.92 Å². The second-order valence-electron chi connectivity index (χ2n) is 6.07. The number of nitrogens with one attached hydrogen (secondary N) is 1. The van der Waals surface area contributed by atoms with E-state index >= 15 is 0 Å². The van der Waals surface area contributed by atoms with Crippen molar-refractivity contribution < 1.29 is 13.2 Å². The number of halogens is 3. The van der Waals surface area contributed by atoms with Gasteiger partial charge in [0.05, 0.1) is 6.54 Å². The van der Waals surface area contributed by atoms with Gasteiger partial charge in [-0.15, -0.1) is 0 Å². The summed E-state index contributed by atoms with van der Waals surface area (Å²) in [7, 11) is 0. The second-order valence-corrected chi connectivity index (χ2v) is 6.07. The lowest BCUT2D eigenvalue weighted by Gasteiger charge is -2.22. The maximum atomic E-state index is 12.2. The second kappa shape index (κ2) is 8.80. The topological polar surface area (TPSA) is 15.3 Å². The Balaban J connectivity index is 3.52. The summed E-state index contributed by atoms with van der Waals surface area (Å²) < 4.78 is 36.7. The van der Waals surface area contributed by atoms with Crippen LogP contribution in [0.5, 0.6) is 0 Å². The molecule has 116 valence electrons. The van der Waals surface area contributed by atoms with Crippen molar-refractivity contribution in [3.05, 3.63) is 0 Å². The molecule has 0 amide bonds. The van der Waals surface area contributed by atoms with Gasteiger partial charge in [-0.3, -0.25) is 4.90 Å². The summed E-state index contributed by atoms with van der Waals surface area (Å²) in [5.41, 5.74) is 0.145. The molecule has 0 aromatic heterocycles. The Kier molecular flexibility index (Phi) is 8.66. The molecule has 0 aliphatic heterocycles. The number of alkyl halides is 3. The summed E-state index contributed by atoms with van der Waals surface area (Å²) in [6.07, 6.45) is -0.0679. The van der Waals surface area contributed by atoms with Crippen LogP contribution in [-0.4, -0.2) is 42.8 Å². The molecule has 0 aromatic rings. The van der Waals surface area contributed by atoms with E-state index < -0.39 is 12.7 Å². The highest BCUT2D eigenvalue weighted by Gasteiger charge is 2.29. The van der Waals surface area contributed by atoms with Crippen LogP contribution in [0.3, 0.4) is 0 Å². The quantitative estimate of drug-likeness (QED) is 0.647. The number of nitrogens with zero attached hydrogens (tertiary/aromatic N) is 1. The van der Waals surface area contributed by atoms with Crippen LogP contribution >= 0.6 is 0 Å². The fraction of sp³-hybridized carbons (Fsp3) is 1.00. The highest BCUT2D eigenvalue weighted by molar-refractivity contribution is 4.69. The summed E-state index contributed by atoms with van der Waals surface area (Å²) >= 11 is 0. The van der Waals surface area contributed by atoms with Crippen LogP contribution in [0.1, 0.15) is 53.4 Å². The van der Waals surface area contributed by atoms with Gasteiger partial charge in [-0.05, 0) is 53.2 Å². The predicted molar refractivity (Wildman–Crippen MR) is 74.4 cm³/mol. The van der Waals surface area contributed by atoms with E-state index in [-0.39, 0.29) is 5.54 Å². The van der Waals surface area contributed by atoms with Crippen LogP contribution in [-0.2, 0) is 0 Å². The maximum Gasteiger partial charge on any atom is 0.401 e. The van der Waals surface area contributed by atoms with Gasteiger partial charge in [0.1, 0.15) is 0 Å². The first kappa shape index (κ1) is 18.7. The van der Waals surface area contributed by atoms with Gasteiger partial charge < -0.3 is 5.32 Å². The van der Waals surface area contributed by atoms with E-state index in [1.165, 1.54) is 4.90 Å². The van der Waals surface area contributed by atoms with Gasteiger partial charge in [0.15, 0.2) is 0 Å². The largest absolute Gasteiger partial charge is 0.401 e. The monoisotopic (exact) mass is 282 g/mol. The van der Waals surface area contributed by atoms with Crippen molar-refractivity contribution in [2.75, 3.05) is 26.2 Å². The summed E-state index contributed by atoms with van der Waals surface area (Å²) in [4.78, 5) is 1.47. The Hall–Kier alpha value is -0.290. The zero-order valence-corrected chi connectivity index (χ0v) is 12.7. The third kappa shape index (κ3) is 13.9. The van der Waals surface area contributed by atoms with E-state index in [0.717, 1.165) is 32.2 Å². The molecular formula is C14H29F3N2. The molecular weight excluding hydrogens is 253 g/mol. The minimum atomic E-state index is -4.08. The van der Waals surface area contributed by atoms with E-state index in [9.17, 15) is 13.2 Å². The van der Waals surface area contributed by atoms with Gasteiger partial charge in [0, 0.05) is 5.54 Å². The van der Waals surface area contributed by atoms with Gasteiger partial charge >= 0.3 is 6.18 Å². The average Bonchev–Trinajstić information content (AvgIpc) is 2.23. The van der Waals surface area contributed by atoms with E-state index in [0.29, 0.717) is 13.1 Å². The first-order valence-corrected chi connectivity index (χ1v) is 7.18. The molecule has 0 heterocycles. The van der Waals surface area contributed by atoms with Crippen molar-refractivity contribution in [2.24, 2.45) is 0 Å². The van der Waals surface area contributed by atoms with Crippen molar-refractivity contribution in [1.82, 2.24) is 10.2 Å². The first-order chi connectivity index (χ1) is 8.64. The number of rotatable bonds is 9. The predicted octanol–water partition coefficient (Wildman–Crippen LogP) is 3.82. The van der Waals surface area contributed by atoms with Gasteiger partial charge in [0.25, 0.3) is 0 Å². The van der Waals surface area contributed by atoms with Gasteiger partial charge in [-0.25, -0.2) is 0 Å². The number of hydrogen-bond acceptors (Lipinski definition) is 2. The Labute approximate surface area is 115 Å². The lowest BCUT2D eigenvalue weighted by molar-refractivity contribution is -0.145. The SMILES string of the molecule is CCN(CCCCCCNC(C)(C)C)CC(F)(F)F. The van der Waals surface area contributed by atoms with Crippen molar-refractivity contribution in [3.63, 3.8) is 0 Å². The van der Waals surface area contributed by atoms with Crippen molar-refractivity contribution in [3.8, 4) is 0 Å². The van der Waals surface area contributed by atoms with E-state index in [1.807, 2.05) is 0 Å². The maximum absolute atomic E-state index is 12.2. The molecule has 0 rings (SSSR count). The third-order valence-electron chi connectivity index (χ3n) is 2.91. The molecule has 0 radical (unpaired) electrons. The number of unbranched alkanes of at least 4 members (excludes halogenated alkanes) is 3. The molecule has 0 fully saturated rings. The van der Waals surface area contributed by atoms with Crippen LogP contribution in [0.15, 0.2) is 0 Å². The Morgan fingerprint density at radius 2 is 1.53 bits per heavy atom. The summed E-state index contributed by atoms with van der Waals surface area (Å²) in [6, 6.07) is 0. The first-order valence-electron chi connectivity index (χ1n) is 7.18. The molecule has 1 N–H and O–H groups in total. The smallest absolute Gasteiger partial charge is 0.312 e. The molecule has 5 heteroatoms. The van der Waals surface area contributed by atoms with Crippen molar-refractivity contribution in [2.45, 2.75) is 65.1 Å². The van der Waals surface area contributed by atoms with E-state index in [4.69, 9.17) is 0 Å². The molecule has 2 nitrogen and oxygen atoms in total. The third-order valence-corrected chi connectivity index (χ3v) is 2.91. The molecule has 0 saturated carbocycles. The summed E-state index contributed by atoms with van der Waals surface area (Å²) in [5.74, 6) is 0. The molecule has 0 unspecified atom stereocenters. The molecule has 0 aliphatic carbocycles. The van der Waals surface area contributed by atoms with Crippen LogP contribution < -0.4 is 5.32 Å². The Morgan fingerprint density at radius 1 is 0.947 bits per heavy atom. The van der Waals surface area contributed by atoms with Crippen LogP contribution in [0.25, 0.3) is 0 Å². The Bertz CT molecular complexity index is 222. The van der Waals surface area contributed by atoms with Crippen molar-refractivity contribution >= 4 is 0 Å². The van der Waals surface area contributed by atoms with Gasteiger partial charge in [-0.2, -0.15) is 13.2 Å². The highest BCUT2D eigenvalue weighted by Crippen LogP contribution is 2.16. The van der Waals surface area contributed by atoms with Crippen LogP contribution in [0, 0.1) is 0 Å². The lowest BCUT2D eigenvalue weighted by Crippen LogP contribution is -2.36. The number of hydrogen-bond donors (Lipinski definition) is 1. The zero-order chi connectivity index (χ0) is 14.9. The Morgan fingerprint density at radius 3 is 2.00 bits per heavy atom. The molecule has 19 heavy (non-hydrogen) atoms. The minimum Gasteiger partial charge on any atom is -0.312 e. The summed E-state index contributed by atoms with van der Waals surface area (Å²) in [5, 5.41) is 3.40. The molecule has 0 bridgehead atoms. The summed E-state index contributed by atoms with van der Waals surface area (Å²) in [6.45, 7) is 9.36. The lowest BCUT2D eigenvalue weighted by atomic mass is 10.1. The fourth-order valence-corrected chi connectivity index (χ4v) is 1.88. The van der Waals surface area contributed by atoms with E-state index in [2.05, 4.69) is 26.1 Å². The molecule has 0 saturated heterocycles.